The summed E-state index contributed by atoms with van der Waals surface area (Å²) < 4.78 is 32.4. The molecule has 3 nitrogen and oxygen atoms in total. The Morgan fingerprint density at radius 2 is 2.07 bits per heavy atom. The minimum atomic E-state index is -3.12. The standard InChI is InChI=1S/C10H6F2O3/c11-10(12)15-9(13)7-5-14-8-4-2-1-3-6(7)8/h1-5,10H. The van der Waals surface area contributed by atoms with Crippen LogP contribution < -0.4 is 0 Å². The van der Waals surface area contributed by atoms with E-state index >= 15 is 0 Å². The van der Waals surface area contributed by atoms with Gasteiger partial charge in [0.05, 0.1) is 0 Å². The van der Waals surface area contributed by atoms with Crippen LogP contribution in [0.1, 0.15) is 10.4 Å². The highest BCUT2D eigenvalue weighted by molar-refractivity contribution is 6.03. The smallest absolute Gasteiger partial charge is 0.389 e. The monoisotopic (exact) mass is 212 g/mol. The highest BCUT2D eigenvalue weighted by Gasteiger charge is 2.18. The lowest BCUT2D eigenvalue weighted by atomic mass is 10.2. The van der Waals surface area contributed by atoms with Crippen LogP contribution in [0.5, 0.6) is 0 Å². The Bertz CT molecular complexity index is 490. The van der Waals surface area contributed by atoms with Gasteiger partial charge in [0.1, 0.15) is 17.4 Å². The van der Waals surface area contributed by atoms with Crippen molar-refractivity contribution in [2.24, 2.45) is 0 Å². The number of benzene rings is 1. The topological polar surface area (TPSA) is 39.4 Å². The Morgan fingerprint density at radius 3 is 2.80 bits per heavy atom. The molecule has 0 spiro atoms. The van der Waals surface area contributed by atoms with E-state index in [1.54, 1.807) is 24.3 Å². The molecule has 1 heterocycles. The molecule has 0 N–H and O–H groups in total. The third-order valence-electron chi connectivity index (χ3n) is 1.90. The maximum atomic E-state index is 11.8. The number of furan rings is 1. The van der Waals surface area contributed by atoms with Crippen LogP contribution in [0.3, 0.4) is 0 Å². The maximum Gasteiger partial charge on any atom is 0.389 e. The zero-order valence-electron chi connectivity index (χ0n) is 7.44. The summed E-state index contributed by atoms with van der Waals surface area (Å²) in [4.78, 5) is 11.2. The molecule has 0 saturated carbocycles. The van der Waals surface area contributed by atoms with E-state index in [0.29, 0.717) is 11.0 Å². The number of fused-ring (bicyclic) bond motifs is 1. The molecule has 1 aromatic heterocycles. The first-order chi connectivity index (χ1) is 7.18. The van der Waals surface area contributed by atoms with E-state index < -0.39 is 12.6 Å². The zero-order chi connectivity index (χ0) is 10.8. The summed E-state index contributed by atoms with van der Waals surface area (Å²) in [6.07, 6.45) is 1.11. The van der Waals surface area contributed by atoms with E-state index in [1.807, 2.05) is 0 Å². The van der Waals surface area contributed by atoms with Crippen molar-refractivity contribution in [3.05, 3.63) is 36.1 Å². The summed E-state index contributed by atoms with van der Waals surface area (Å²) in [5.74, 6) is -1.09. The average Bonchev–Trinajstić information content (AvgIpc) is 2.59. The van der Waals surface area contributed by atoms with E-state index in [-0.39, 0.29) is 5.56 Å². The number of ether oxygens (including phenoxy) is 1. The lowest BCUT2D eigenvalue weighted by Crippen LogP contribution is -2.08. The van der Waals surface area contributed by atoms with Crippen LogP contribution in [-0.4, -0.2) is 12.6 Å². The molecule has 0 amide bonds. The molecular formula is C10H6F2O3. The number of carbonyl (C=O) groups excluding carboxylic acids is 1. The summed E-state index contributed by atoms with van der Waals surface area (Å²) in [6, 6.07) is 6.63. The normalized spacial score (nSPS) is 10.9. The van der Waals surface area contributed by atoms with E-state index in [0.717, 1.165) is 6.26 Å². The van der Waals surface area contributed by atoms with E-state index in [4.69, 9.17) is 4.42 Å². The molecule has 0 atom stereocenters. The molecule has 2 rings (SSSR count). The van der Waals surface area contributed by atoms with Gasteiger partial charge in [-0.05, 0) is 6.07 Å². The van der Waals surface area contributed by atoms with Crippen molar-refractivity contribution in [3.63, 3.8) is 0 Å². The van der Waals surface area contributed by atoms with Gasteiger partial charge < -0.3 is 9.15 Å². The second-order valence-electron chi connectivity index (χ2n) is 2.81. The van der Waals surface area contributed by atoms with Crippen LogP contribution in [-0.2, 0) is 4.74 Å². The van der Waals surface area contributed by atoms with Crippen molar-refractivity contribution >= 4 is 16.9 Å². The number of esters is 1. The molecule has 0 unspecified atom stereocenters. The van der Waals surface area contributed by atoms with Gasteiger partial charge in [0.2, 0.25) is 0 Å². The van der Waals surface area contributed by atoms with E-state index in [9.17, 15) is 13.6 Å². The van der Waals surface area contributed by atoms with Crippen LogP contribution in [0.4, 0.5) is 8.78 Å². The molecule has 0 fully saturated rings. The Kier molecular flexibility index (Phi) is 2.37. The predicted octanol–water partition coefficient (Wildman–Crippen LogP) is 2.81. The SMILES string of the molecule is O=C(OC(F)F)c1coc2ccccc12. The summed E-state index contributed by atoms with van der Waals surface area (Å²) in [5, 5.41) is 0.461. The lowest BCUT2D eigenvalue weighted by Gasteiger charge is -1.99. The average molecular weight is 212 g/mol. The van der Waals surface area contributed by atoms with Crippen LogP contribution in [0.2, 0.25) is 0 Å². The van der Waals surface area contributed by atoms with Crippen molar-refractivity contribution < 1.29 is 22.7 Å². The number of rotatable bonds is 2. The van der Waals surface area contributed by atoms with Gasteiger partial charge >= 0.3 is 12.6 Å². The number of para-hydroxylation sites is 1. The van der Waals surface area contributed by atoms with E-state index in [2.05, 4.69) is 4.74 Å². The fraction of sp³-hybridized carbons (Fsp3) is 0.100. The van der Waals surface area contributed by atoms with Gasteiger partial charge in [-0.3, -0.25) is 0 Å². The quantitative estimate of drug-likeness (QED) is 0.718. The second-order valence-corrected chi connectivity index (χ2v) is 2.81. The number of hydrogen-bond donors (Lipinski definition) is 0. The van der Waals surface area contributed by atoms with Gasteiger partial charge in [0, 0.05) is 5.39 Å². The van der Waals surface area contributed by atoms with Gasteiger partial charge in [-0.25, -0.2) is 4.79 Å². The number of alkyl halides is 2. The summed E-state index contributed by atoms with van der Waals surface area (Å²) in [6.45, 7) is -3.12. The molecule has 0 aliphatic rings. The van der Waals surface area contributed by atoms with Gasteiger partial charge in [0.15, 0.2) is 0 Å². The molecule has 0 aliphatic heterocycles. The van der Waals surface area contributed by atoms with Gasteiger partial charge in [-0.15, -0.1) is 0 Å². The van der Waals surface area contributed by atoms with Crippen molar-refractivity contribution in [3.8, 4) is 0 Å². The first-order valence-electron chi connectivity index (χ1n) is 4.14. The molecule has 15 heavy (non-hydrogen) atoms. The molecule has 78 valence electrons. The van der Waals surface area contributed by atoms with Crippen molar-refractivity contribution in [2.45, 2.75) is 6.61 Å². The first kappa shape index (κ1) is 9.64. The molecule has 0 saturated heterocycles. The number of halogens is 2. The Morgan fingerprint density at radius 1 is 1.33 bits per heavy atom. The van der Waals surface area contributed by atoms with Crippen LogP contribution in [0.15, 0.2) is 34.9 Å². The number of hydrogen-bond acceptors (Lipinski definition) is 3. The summed E-state index contributed by atoms with van der Waals surface area (Å²) >= 11 is 0. The largest absolute Gasteiger partial charge is 0.463 e. The first-order valence-corrected chi connectivity index (χ1v) is 4.14. The van der Waals surface area contributed by atoms with Gasteiger partial charge in [-0.2, -0.15) is 8.78 Å². The molecule has 0 radical (unpaired) electrons. The lowest BCUT2D eigenvalue weighted by molar-refractivity contribution is -0.0905. The third-order valence-corrected chi connectivity index (χ3v) is 1.90. The zero-order valence-corrected chi connectivity index (χ0v) is 7.44. The highest BCUT2D eigenvalue weighted by Crippen LogP contribution is 2.21. The molecule has 5 heteroatoms. The van der Waals surface area contributed by atoms with Crippen molar-refractivity contribution in [1.82, 2.24) is 0 Å². The Labute approximate surface area is 83.2 Å². The molecule has 0 bridgehead atoms. The fourth-order valence-corrected chi connectivity index (χ4v) is 1.28. The van der Waals surface area contributed by atoms with Gasteiger partial charge in [-0.1, -0.05) is 18.2 Å². The van der Waals surface area contributed by atoms with Crippen LogP contribution in [0, 0.1) is 0 Å². The molecular weight excluding hydrogens is 206 g/mol. The second kappa shape index (κ2) is 3.68. The Hall–Kier alpha value is -1.91. The fourth-order valence-electron chi connectivity index (χ4n) is 1.28. The molecule has 0 aliphatic carbocycles. The highest BCUT2D eigenvalue weighted by atomic mass is 19.3. The predicted molar refractivity (Wildman–Crippen MR) is 47.6 cm³/mol. The van der Waals surface area contributed by atoms with Crippen molar-refractivity contribution in [1.29, 1.82) is 0 Å². The summed E-state index contributed by atoms with van der Waals surface area (Å²) in [7, 11) is 0. The van der Waals surface area contributed by atoms with E-state index in [1.165, 1.54) is 0 Å². The Balaban J connectivity index is 2.40. The van der Waals surface area contributed by atoms with Crippen LogP contribution in [0.25, 0.3) is 11.0 Å². The maximum absolute atomic E-state index is 11.8. The third kappa shape index (κ3) is 1.81. The van der Waals surface area contributed by atoms with Crippen molar-refractivity contribution in [2.75, 3.05) is 0 Å². The minimum absolute atomic E-state index is 0.00546. The molecule has 2 aromatic rings. The van der Waals surface area contributed by atoms with Crippen LogP contribution >= 0.6 is 0 Å². The summed E-state index contributed by atoms with van der Waals surface area (Å²) in [5.41, 5.74) is 0.463. The van der Waals surface area contributed by atoms with Gasteiger partial charge in [0.25, 0.3) is 0 Å². The molecule has 1 aromatic carbocycles. The number of carbonyl (C=O) groups is 1. The minimum Gasteiger partial charge on any atom is -0.463 e.